The van der Waals surface area contributed by atoms with Gasteiger partial charge in [-0.2, -0.15) is 0 Å². The lowest BCUT2D eigenvalue weighted by Crippen LogP contribution is -2.52. The van der Waals surface area contributed by atoms with E-state index in [1.165, 1.54) is 13.8 Å². The summed E-state index contributed by atoms with van der Waals surface area (Å²) in [7, 11) is 0. The minimum atomic E-state index is -1.21. The third-order valence-electron chi connectivity index (χ3n) is 2.75. The van der Waals surface area contributed by atoms with E-state index < -0.39 is 41.9 Å². The average molecular weight is 317 g/mol. The molecular formula is C12H23N5O5. The van der Waals surface area contributed by atoms with E-state index in [-0.39, 0.29) is 13.0 Å². The molecule has 0 spiro atoms. The van der Waals surface area contributed by atoms with Crippen LogP contribution in [0.25, 0.3) is 0 Å². The van der Waals surface area contributed by atoms with Gasteiger partial charge in [0.05, 0.1) is 6.04 Å². The lowest BCUT2D eigenvalue weighted by atomic mass is 10.1. The number of carbonyl (C=O) groups excluding carboxylic acids is 3. The molecule has 10 nitrogen and oxygen atoms in total. The van der Waals surface area contributed by atoms with Crippen LogP contribution < -0.4 is 27.4 Å². The molecule has 0 aromatic rings. The van der Waals surface area contributed by atoms with Crippen molar-refractivity contribution in [1.82, 2.24) is 16.0 Å². The molecule has 22 heavy (non-hydrogen) atoms. The maximum atomic E-state index is 11.8. The molecule has 10 heteroatoms. The zero-order valence-electron chi connectivity index (χ0n) is 12.6. The van der Waals surface area contributed by atoms with Crippen molar-refractivity contribution in [3.05, 3.63) is 0 Å². The van der Waals surface area contributed by atoms with Crippen molar-refractivity contribution in [2.75, 3.05) is 6.54 Å². The number of rotatable bonds is 9. The second kappa shape index (κ2) is 9.55. The average Bonchev–Trinajstić information content (AvgIpc) is 2.40. The first-order valence-electron chi connectivity index (χ1n) is 6.77. The molecular weight excluding hydrogens is 294 g/mol. The molecule has 0 aliphatic rings. The smallest absolute Gasteiger partial charge is 0.326 e. The van der Waals surface area contributed by atoms with Gasteiger partial charge in [-0.15, -0.1) is 0 Å². The zero-order chi connectivity index (χ0) is 17.3. The second-order valence-electron chi connectivity index (χ2n) is 4.85. The molecule has 0 bridgehead atoms. The number of primary amides is 1. The molecule has 3 atom stereocenters. The first kappa shape index (κ1) is 19.6. The molecule has 4 amide bonds. The first-order chi connectivity index (χ1) is 10.1. The molecule has 0 aliphatic carbocycles. The third kappa shape index (κ3) is 8.04. The number of nitrogens with one attached hydrogen (secondary N) is 3. The third-order valence-corrected chi connectivity index (χ3v) is 2.75. The Hall–Kier alpha value is -2.36. The molecule has 0 radical (unpaired) electrons. The number of amides is 4. The summed E-state index contributed by atoms with van der Waals surface area (Å²) in [4.78, 5) is 44.8. The van der Waals surface area contributed by atoms with Gasteiger partial charge in [0.25, 0.3) is 0 Å². The predicted molar refractivity (Wildman–Crippen MR) is 77.6 cm³/mol. The van der Waals surface area contributed by atoms with Crippen LogP contribution in [-0.4, -0.2) is 53.6 Å². The lowest BCUT2D eigenvalue weighted by Gasteiger charge is -2.19. The highest BCUT2D eigenvalue weighted by molar-refractivity contribution is 5.91. The highest BCUT2D eigenvalue weighted by atomic mass is 16.4. The summed E-state index contributed by atoms with van der Waals surface area (Å²) in [6.45, 7) is 3.08. The summed E-state index contributed by atoms with van der Waals surface area (Å²) in [5.74, 6) is -2.36. The Balaban J connectivity index is 4.36. The zero-order valence-corrected chi connectivity index (χ0v) is 12.6. The normalized spacial score (nSPS) is 14.3. The van der Waals surface area contributed by atoms with Gasteiger partial charge in [-0.25, -0.2) is 9.59 Å². The van der Waals surface area contributed by atoms with Gasteiger partial charge < -0.3 is 32.5 Å². The van der Waals surface area contributed by atoms with E-state index in [1.807, 2.05) is 0 Å². The van der Waals surface area contributed by atoms with Crippen molar-refractivity contribution in [1.29, 1.82) is 0 Å². The Kier molecular flexibility index (Phi) is 8.53. The Morgan fingerprint density at radius 3 is 2.14 bits per heavy atom. The van der Waals surface area contributed by atoms with Gasteiger partial charge in [0.1, 0.15) is 12.1 Å². The van der Waals surface area contributed by atoms with Crippen LogP contribution in [0.1, 0.15) is 26.7 Å². The fourth-order valence-corrected chi connectivity index (χ4v) is 1.48. The molecule has 0 rings (SSSR count). The molecule has 0 unspecified atom stereocenters. The monoisotopic (exact) mass is 317 g/mol. The van der Waals surface area contributed by atoms with Crippen LogP contribution in [0.4, 0.5) is 4.79 Å². The van der Waals surface area contributed by atoms with Gasteiger partial charge in [0.2, 0.25) is 11.8 Å². The Bertz CT molecular complexity index is 426. The van der Waals surface area contributed by atoms with Crippen molar-refractivity contribution < 1.29 is 24.3 Å². The minimum Gasteiger partial charge on any atom is -0.480 e. The molecule has 0 fully saturated rings. The molecule has 0 saturated heterocycles. The SMILES string of the molecule is C[C@H](NC(=O)[C@@H](C)N)C(=O)N[C@@H](CCCNC(N)=O)C(=O)O. The van der Waals surface area contributed by atoms with Crippen molar-refractivity contribution >= 4 is 23.8 Å². The van der Waals surface area contributed by atoms with Gasteiger partial charge in [-0.3, -0.25) is 9.59 Å². The molecule has 0 aromatic carbocycles. The Morgan fingerprint density at radius 2 is 1.68 bits per heavy atom. The van der Waals surface area contributed by atoms with Gasteiger partial charge in [-0.05, 0) is 26.7 Å². The van der Waals surface area contributed by atoms with Crippen LogP contribution in [0.2, 0.25) is 0 Å². The number of hydrogen-bond donors (Lipinski definition) is 6. The number of aliphatic carboxylic acids is 1. The van der Waals surface area contributed by atoms with Crippen LogP contribution in [0.5, 0.6) is 0 Å². The van der Waals surface area contributed by atoms with Crippen LogP contribution in [0, 0.1) is 0 Å². The maximum Gasteiger partial charge on any atom is 0.326 e. The largest absolute Gasteiger partial charge is 0.480 e. The van der Waals surface area contributed by atoms with Crippen molar-refractivity contribution in [3.8, 4) is 0 Å². The van der Waals surface area contributed by atoms with E-state index in [0.29, 0.717) is 6.42 Å². The Labute approximate surface area is 128 Å². The second-order valence-corrected chi connectivity index (χ2v) is 4.85. The fraction of sp³-hybridized carbons (Fsp3) is 0.667. The van der Waals surface area contributed by atoms with Crippen molar-refractivity contribution in [2.45, 2.75) is 44.8 Å². The molecule has 126 valence electrons. The van der Waals surface area contributed by atoms with Crippen molar-refractivity contribution in [2.24, 2.45) is 11.5 Å². The highest BCUT2D eigenvalue weighted by Gasteiger charge is 2.24. The van der Waals surface area contributed by atoms with Gasteiger partial charge >= 0.3 is 12.0 Å². The summed E-state index contributed by atoms with van der Waals surface area (Å²) < 4.78 is 0. The molecule has 0 aromatic heterocycles. The van der Waals surface area contributed by atoms with Gasteiger partial charge in [0, 0.05) is 6.54 Å². The quantitative estimate of drug-likeness (QED) is 0.264. The molecule has 0 heterocycles. The summed E-state index contributed by atoms with van der Waals surface area (Å²) in [5, 5.41) is 16.0. The Morgan fingerprint density at radius 1 is 1.09 bits per heavy atom. The highest BCUT2D eigenvalue weighted by Crippen LogP contribution is 1.98. The van der Waals surface area contributed by atoms with E-state index in [0.717, 1.165) is 0 Å². The number of carboxylic acid groups (broad SMARTS) is 1. The van der Waals surface area contributed by atoms with Crippen LogP contribution in [0.3, 0.4) is 0 Å². The summed E-state index contributed by atoms with van der Waals surface area (Å²) >= 11 is 0. The van der Waals surface area contributed by atoms with Gasteiger partial charge in [-0.1, -0.05) is 0 Å². The summed E-state index contributed by atoms with van der Waals surface area (Å²) in [6, 6.07) is -3.52. The number of nitrogens with two attached hydrogens (primary N) is 2. The van der Waals surface area contributed by atoms with E-state index in [9.17, 15) is 19.2 Å². The number of carboxylic acids is 1. The van der Waals surface area contributed by atoms with Crippen molar-refractivity contribution in [3.63, 3.8) is 0 Å². The van der Waals surface area contributed by atoms with E-state index in [1.54, 1.807) is 0 Å². The standard InChI is InChI=1S/C12H23N5O5/c1-6(13)9(18)16-7(2)10(19)17-8(11(20)21)4-3-5-15-12(14)22/h6-8H,3-5,13H2,1-2H3,(H,16,18)(H,17,19)(H,20,21)(H3,14,15,22)/t6-,7+,8+/m1/s1. The predicted octanol–water partition coefficient (Wildman–Crippen LogP) is -2.14. The molecule has 0 aliphatic heterocycles. The fourth-order valence-electron chi connectivity index (χ4n) is 1.48. The molecule has 8 N–H and O–H groups in total. The van der Waals surface area contributed by atoms with E-state index in [2.05, 4.69) is 16.0 Å². The molecule has 0 saturated carbocycles. The first-order valence-corrected chi connectivity index (χ1v) is 6.77. The number of urea groups is 1. The summed E-state index contributed by atoms with van der Waals surface area (Å²) in [5.41, 5.74) is 10.2. The number of carbonyl (C=O) groups is 4. The van der Waals surface area contributed by atoms with E-state index in [4.69, 9.17) is 16.6 Å². The topological polar surface area (TPSA) is 177 Å². The maximum absolute atomic E-state index is 11.8. The number of hydrogen-bond acceptors (Lipinski definition) is 5. The van der Waals surface area contributed by atoms with Crippen LogP contribution in [0.15, 0.2) is 0 Å². The lowest BCUT2D eigenvalue weighted by molar-refractivity contribution is -0.142. The van der Waals surface area contributed by atoms with Crippen LogP contribution in [-0.2, 0) is 14.4 Å². The summed E-state index contributed by atoms with van der Waals surface area (Å²) in [6.07, 6.45) is 0.427. The van der Waals surface area contributed by atoms with Crippen LogP contribution >= 0.6 is 0 Å². The van der Waals surface area contributed by atoms with E-state index >= 15 is 0 Å². The minimum absolute atomic E-state index is 0.106. The van der Waals surface area contributed by atoms with Gasteiger partial charge in [0.15, 0.2) is 0 Å².